The van der Waals surface area contributed by atoms with E-state index in [1.807, 2.05) is 0 Å². The summed E-state index contributed by atoms with van der Waals surface area (Å²) in [5.74, 6) is -0.0909. The zero-order valence-electron chi connectivity index (χ0n) is 7.28. The van der Waals surface area contributed by atoms with Gasteiger partial charge in [-0.1, -0.05) is 6.07 Å². The van der Waals surface area contributed by atoms with Gasteiger partial charge in [0.15, 0.2) is 0 Å². The summed E-state index contributed by atoms with van der Waals surface area (Å²) in [7, 11) is 1.63. The third-order valence-electron chi connectivity index (χ3n) is 1.70. The molecule has 72 valence electrons. The van der Waals surface area contributed by atoms with Gasteiger partial charge in [-0.3, -0.25) is 0 Å². The molecule has 0 atom stereocenters. The van der Waals surface area contributed by atoms with E-state index < -0.39 is 0 Å². The second-order valence-electron chi connectivity index (χ2n) is 2.70. The molecule has 0 spiro atoms. The van der Waals surface area contributed by atoms with Crippen molar-refractivity contribution in [3.63, 3.8) is 0 Å². The van der Waals surface area contributed by atoms with E-state index in [2.05, 4.69) is 31.3 Å². The molecule has 0 amide bonds. The van der Waals surface area contributed by atoms with E-state index in [9.17, 15) is 4.39 Å². The van der Waals surface area contributed by atoms with Gasteiger partial charge in [-0.2, -0.15) is 4.80 Å². The van der Waals surface area contributed by atoms with Gasteiger partial charge in [-0.15, -0.1) is 10.2 Å². The Bertz CT molecular complexity index is 468. The highest BCUT2D eigenvalue weighted by atomic mass is 79.9. The fourth-order valence-corrected chi connectivity index (χ4v) is 1.43. The molecule has 0 radical (unpaired) electrons. The Hall–Kier alpha value is -1.30. The van der Waals surface area contributed by atoms with Gasteiger partial charge >= 0.3 is 0 Å². The molecule has 1 aromatic heterocycles. The van der Waals surface area contributed by atoms with Gasteiger partial charge in [-0.05, 0) is 33.3 Å². The first-order chi connectivity index (χ1) is 6.68. The van der Waals surface area contributed by atoms with Crippen LogP contribution >= 0.6 is 15.9 Å². The monoisotopic (exact) mass is 256 g/mol. The average Bonchev–Trinajstić information content (AvgIpc) is 2.57. The third-order valence-corrected chi connectivity index (χ3v) is 2.31. The molecule has 0 saturated heterocycles. The molecule has 4 nitrogen and oxygen atoms in total. The SMILES string of the molecule is Cn1nnc(-c2cccc(Br)c2F)n1. The Morgan fingerprint density at radius 1 is 1.43 bits per heavy atom. The summed E-state index contributed by atoms with van der Waals surface area (Å²) in [6.07, 6.45) is 0. The van der Waals surface area contributed by atoms with E-state index in [1.165, 1.54) is 4.80 Å². The highest BCUT2D eigenvalue weighted by molar-refractivity contribution is 9.10. The number of benzene rings is 1. The Balaban J connectivity index is 2.57. The second kappa shape index (κ2) is 3.45. The molecule has 0 aliphatic rings. The van der Waals surface area contributed by atoms with Crippen LogP contribution in [0, 0.1) is 5.82 Å². The molecule has 14 heavy (non-hydrogen) atoms. The molecule has 2 aromatic rings. The Morgan fingerprint density at radius 3 is 2.86 bits per heavy atom. The van der Waals surface area contributed by atoms with Crippen LogP contribution in [0.4, 0.5) is 4.39 Å². The quantitative estimate of drug-likeness (QED) is 0.782. The molecule has 0 aliphatic heterocycles. The highest BCUT2D eigenvalue weighted by Gasteiger charge is 2.11. The topological polar surface area (TPSA) is 43.6 Å². The predicted octanol–water partition coefficient (Wildman–Crippen LogP) is 1.78. The predicted molar refractivity (Wildman–Crippen MR) is 51.9 cm³/mol. The van der Waals surface area contributed by atoms with Crippen LogP contribution < -0.4 is 0 Å². The zero-order valence-corrected chi connectivity index (χ0v) is 8.86. The Morgan fingerprint density at radius 2 is 2.21 bits per heavy atom. The minimum atomic E-state index is -0.375. The van der Waals surface area contributed by atoms with Crippen molar-refractivity contribution in [2.75, 3.05) is 0 Å². The molecule has 2 rings (SSSR count). The van der Waals surface area contributed by atoms with Gasteiger partial charge in [0.2, 0.25) is 5.82 Å². The van der Waals surface area contributed by atoms with Gasteiger partial charge in [-0.25, -0.2) is 4.39 Å². The van der Waals surface area contributed by atoms with Crippen molar-refractivity contribution >= 4 is 15.9 Å². The van der Waals surface area contributed by atoms with Crippen LogP contribution in [-0.4, -0.2) is 20.2 Å². The standard InChI is InChI=1S/C8H6BrFN4/c1-14-12-8(11-13-14)5-3-2-4-6(9)7(5)10/h2-4H,1H3. The minimum Gasteiger partial charge on any atom is -0.205 e. The Labute approximate surface area is 87.9 Å². The first-order valence-corrected chi connectivity index (χ1v) is 4.66. The highest BCUT2D eigenvalue weighted by Crippen LogP contribution is 2.24. The minimum absolute atomic E-state index is 0.284. The largest absolute Gasteiger partial charge is 0.207 e. The molecule has 0 saturated carbocycles. The van der Waals surface area contributed by atoms with Gasteiger partial charge in [0.05, 0.1) is 17.1 Å². The molecule has 1 aromatic carbocycles. The molecular weight excluding hydrogens is 251 g/mol. The molecule has 6 heteroatoms. The number of nitrogens with zero attached hydrogens (tertiary/aromatic N) is 4. The smallest absolute Gasteiger partial charge is 0.205 e. The van der Waals surface area contributed by atoms with Crippen LogP contribution in [0.1, 0.15) is 0 Å². The van der Waals surface area contributed by atoms with Gasteiger partial charge in [0, 0.05) is 0 Å². The van der Waals surface area contributed by atoms with Crippen molar-refractivity contribution in [2.45, 2.75) is 0 Å². The van der Waals surface area contributed by atoms with E-state index in [0.29, 0.717) is 10.0 Å². The van der Waals surface area contributed by atoms with Crippen LogP contribution in [-0.2, 0) is 7.05 Å². The lowest BCUT2D eigenvalue weighted by molar-refractivity contribution is 0.621. The van der Waals surface area contributed by atoms with E-state index >= 15 is 0 Å². The number of tetrazole rings is 1. The molecule has 1 heterocycles. The van der Waals surface area contributed by atoms with E-state index in [4.69, 9.17) is 0 Å². The normalized spacial score (nSPS) is 10.5. The number of aromatic nitrogens is 4. The van der Waals surface area contributed by atoms with Gasteiger partial charge < -0.3 is 0 Å². The maximum absolute atomic E-state index is 13.5. The third kappa shape index (κ3) is 1.52. The summed E-state index contributed by atoms with van der Waals surface area (Å²) in [6, 6.07) is 4.95. The van der Waals surface area contributed by atoms with E-state index in [1.54, 1.807) is 25.2 Å². The second-order valence-corrected chi connectivity index (χ2v) is 3.56. The van der Waals surface area contributed by atoms with Crippen molar-refractivity contribution in [1.29, 1.82) is 0 Å². The lowest BCUT2D eigenvalue weighted by Gasteiger charge is -1.98. The van der Waals surface area contributed by atoms with Crippen LogP contribution in [0.25, 0.3) is 11.4 Å². The maximum Gasteiger partial charge on any atom is 0.207 e. The number of hydrogen-bond donors (Lipinski definition) is 0. The van der Waals surface area contributed by atoms with Crippen molar-refractivity contribution in [3.05, 3.63) is 28.5 Å². The first kappa shape index (κ1) is 9.26. The molecule has 0 unspecified atom stereocenters. The number of hydrogen-bond acceptors (Lipinski definition) is 3. The fourth-order valence-electron chi connectivity index (χ4n) is 1.07. The van der Waals surface area contributed by atoms with Crippen molar-refractivity contribution in [3.8, 4) is 11.4 Å². The van der Waals surface area contributed by atoms with Gasteiger partial charge in [0.1, 0.15) is 5.82 Å². The number of halogens is 2. The summed E-state index contributed by atoms with van der Waals surface area (Å²) in [4.78, 5) is 1.29. The molecule has 0 aliphatic carbocycles. The van der Waals surface area contributed by atoms with Crippen molar-refractivity contribution in [2.24, 2.45) is 7.05 Å². The summed E-state index contributed by atoms with van der Waals surface area (Å²) >= 11 is 3.09. The molecule has 0 N–H and O–H groups in total. The summed E-state index contributed by atoms with van der Waals surface area (Å²) in [6.45, 7) is 0. The van der Waals surface area contributed by atoms with Gasteiger partial charge in [0.25, 0.3) is 0 Å². The van der Waals surface area contributed by atoms with Crippen LogP contribution in [0.3, 0.4) is 0 Å². The van der Waals surface area contributed by atoms with Crippen LogP contribution in [0.15, 0.2) is 22.7 Å². The molecule has 0 fully saturated rings. The average molecular weight is 257 g/mol. The maximum atomic E-state index is 13.5. The summed E-state index contributed by atoms with van der Waals surface area (Å²) < 4.78 is 13.9. The lowest BCUT2D eigenvalue weighted by Crippen LogP contribution is -1.92. The van der Waals surface area contributed by atoms with E-state index in [-0.39, 0.29) is 11.6 Å². The Kier molecular flexibility index (Phi) is 2.28. The van der Waals surface area contributed by atoms with E-state index in [0.717, 1.165) is 0 Å². The van der Waals surface area contributed by atoms with Crippen molar-refractivity contribution in [1.82, 2.24) is 20.2 Å². The summed E-state index contributed by atoms with van der Waals surface area (Å²) in [5.41, 5.74) is 0.340. The summed E-state index contributed by atoms with van der Waals surface area (Å²) in [5, 5.41) is 11.3. The van der Waals surface area contributed by atoms with Crippen molar-refractivity contribution < 1.29 is 4.39 Å². The lowest BCUT2D eigenvalue weighted by atomic mass is 10.2. The van der Waals surface area contributed by atoms with Crippen LogP contribution in [0.2, 0.25) is 0 Å². The molecular formula is C8H6BrFN4. The fraction of sp³-hybridized carbons (Fsp3) is 0.125. The zero-order chi connectivity index (χ0) is 10.1. The first-order valence-electron chi connectivity index (χ1n) is 3.87. The van der Waals surface area contributed by atoms with Crippen LogP contribution in [0.5, 0.6) is 0 Å². The number of rotatable bonds is 1. The molecule has 0 bridgehead atoms. The number of aryl methyl sites for hydroxylation is 1.